The summed E-state index contributed by atoms with van der Waals surface area (Å²) in [6.45, 7) is 4.23. The number of hydrogen-bond donors (Lipinski definition) is 2. The van der Waals surface area contributed by atoms with E-state index in [0.29, 0.717) is 28.5 Å². The zero-order valence-electron chi connectivity index (χ0n) is 12.9. The summed E-state index contributed by atoms with van der Waals surface area (Å²) in [5.74, 6) is 1.20. The van der Waals surface area contributed by atoms with E-state index in [4.69, 9.17) is 0 Å². The van der Waals surface area contributed by atoms with Crippen LogP contribution in [0.4, 0.5) is 5.13 Å². The highest BCUT2D eigenvalue weighted by Crippen LogP contribution is 2.28. The SMILES string of the molecule is CC[C@@H](C)Nc1nnc(SCc2nc3ccccc3c(=O)[nH]2)s1. The quantitative estimate of drug-likeness (QED) is 0.666. The molecule has 3 aromatic rings. The summed E-state index contributed by atoms with van der Waals surface area (Å²) in [6, 6.07) is 7.71. The van der Waals surface area contributed by atoms with Crippen LogP contribution in [0.15, 0.2) is 33.4 Å². The third kappa shape index (κ3) is 3.89. The largest absolute Gasteiger partial charge is 0.358 e. The van der Waals surface area contributed by atoms with Gasteiger partial charge in [0.15, 0.2) is 4.34 Å². The lowest BCUT2D eigenvalue weighted by Crippen LogP contribution is -2.12. The molecule has 0 unspecified atom stereocenters. The molecule has 2 N–H and O–H groups in total. The minimum Gasteiger partial charge on any atom is -0.358 e. The van der Waals surface area contributed by atoms with Gasteiger partial charge in [-0.3, -0.25) is 4.79 Å². The Bertz CT molecular complexity index is 860. The van der Waals surface area contributed by atoms with Gasteiger partial charge in [-0.2, -0.15) is 0 Å². The van der Waals surface area contributed by atoms with Crippen LogP contribution in [0.2, 0.25) is 0 Å². The number of hydrogen-bond acceptors (Lipinski definition) is 7. The fraction of sp³-hybridized carbons (Fsp3) is 0.333. The second kappa shape index (κ2) is 7.10. The summed E-state index contributed by atoms with van der Waals surface area (Å²) < 4.78 is 0.853. The van der Waals surface area contributed by atoms with E-state index < -0.39 is 0 Å². The van der Waals surface area contributed by atoms with Crippen molar-refractivity contribution < 1.29 is 0 Å². The van der Waals surface area contributed by atoms with Gasteiger partial charge in [0.2, 0.25) is 5.13 Å². The van der Waals surface area contributed by atoms with Gasteiger partial charge in [0, 0.05) is 6.04 Å². The molecule has 0 fully saturated rings. The Hall–Kier alpha value is -1.93. The zero-order chi connectivity index (χ0) is 16.2. The molecule has 0 bridgehead atoms. The van der Waals surface area contributed by atoms with Gasteiger partial charge in [0.05, 0.1) is 16.7 Å². The van der Waals surface area contributed by atoms with Crippen molar-refractivity contribution in [2.24, 2.45) is 0 Å². The maximum Gasteiger partial charge on any atom is 0.258 e. The summed E-state index contributed by atoms with van der Waals surface area (Å²) in [6.07, 6.45) is 1.03. The Balaban J connectivity index is 1.70. The highest BCUT2D eigenvalue weighted by atomic mass is 32.2. The lowest BCUT2D eigenvalue weighted by atomic mass is 10.2. The van der Waals surface area contributed by atoms with Gasteiger partial charge in [-0.1, -0.05) is 42.2 Å². The lowest BCUT2D eigenvalue weighted by Gasteiger charge is -2.07. The summed E-state index contributed by atoms with van der Waals surface area (Å²) in [5.41, 5.74) is 0.603. The summed E-state index contributed by atoms with van der Waals surface area (Å²) in [4.78, 5) is 19.3. The van der Waals surface area contributed by atoms with Gasteiger partial charge in [0.1, 0.15) is 5.82 Å². The van der Waals surface area contributed by atoms with E-state index in [0.717, 1.165) is 15.9 Å². The third-order valence-corrected chi connectivity index (χ3v) is 5.38. The average molecular weight is 347 g/mol. The molecule has 120 valence electrons. The molecule has 8 heteroatoms. The van der Waals surface area contributed by atoms with Crippen LogP contribution in [0.25, 0.3) is 10.9 Å². The van der Waals surface area contributed by atoms with E-state index in [-0.39, 0.29) is 5.56 Å². The minimum atomic E-state index is -0.109. The summed E-state index contributed by atoms with van der Waals surface area (Å²) >= 11 is 3.03. The average Bonchev–Trinajstić information content (AvgIpc) is 3.00. The Kier molecular flexibility index (Phi) is 4.92. The summed E-state index contributed by atoms with van der Waals surface area (Å²) in [5, 5.41) is 13.0. The smallest absolute Gasteiger partial charge is 0.258 e. The first kappa shape index (κ1) is 15.9. The van der Waals surface area contributed by atoms with Crippen molar-refractivity contribution in [2.45, 2.75) is 36.4 Å². The molecule has 0 amide bonds. The van der Waals surface area contributed by atoms with Crippen molar-refractivity contribution in [1.82, 2.24) is 20.2 Å². The number of fused-ring (bicyclic) bond motifs is 1. The van der Waals surface area contributed by atoms with Gasteiger partial charge >= 0.3 is 0 Å². The molecule has 0 aliphatic rings. The molecule has 2 heterocycles. The number of thioether (sulfide) groups is 1. The van der Waals surface area contributed by atoms with Gasteiger partial charge in [0.25, 0.3) is 5.56 Å². The molecule has 0 aliphatic carbocycles. The molecule has 1 aromatic carbocycles. The standard InChI is InChI=1S/C15H17N5OS2/c1-3-9(2)16-14-19-20-15(23-14)22-8-12-17-11-7-5-4-6-10(11)13(21)18-12/h4-7,9H,3,8H2,1-2H3,(H,16,19)(H,17,18,21)/t9-/m1/s1. The number of para-hydroxylation sites is 1. The van der Waals surface area contributed by atoms with Crippen molar-refractivity contribution in [2.75, 3.05) is 5.32 Å². The lowest BCUT2D eigenvalue weighted by molar-refractivity contribution is 0.759. The Morgan fingerprint density at radius 1 is 1.35 bits per heavy atom. The molecule has 2 aromatic heterocycles. The first-order valence-corrected chi connectivity index (χ1v) is 9.16. The highest BCUT2D eigenvalue weighted by molar-refractivity contribution is 8.00. The van der Waals surface area contributed by atoms with Crippen LogP contribution < -0.4 is 10.9 Å². The van der Waals surface area contributed by atoms with Crippen molar-refractivity contribution in [3.63, 3.8) is 0 Å². The second-order valence-electron chi connectivity index (χ2n) is 5.15. The third-order valence-electron chi connectivity index (χ3n) is 3.38. The molecule has 0 aliphatic heterocycles. The first-order valence-electron chi connectivity index (χ1n) is 7.36. The minimum absolute atomic E-state index is 0.109. The van der Waals surface area contributed by atoms with Gasteiger partial charge in [-0.25, -0.2) is 4.98 Å². The van der Waals surface area contributed by atoms with Crippen LogP contribution in [-0.2, 0) is 5.75 Å². The predicted octanol–water partition coefficient (Wildman–Crippen LogP) is 3.28. The van der Waals surface area contributed by atoms with Crippen molar-refractivity contribution in [1.29, 1.82) is 0 Å². The Labute approximate surface area is 141 Å². The maximum absolute atomic E-state index is 12.0. The number of aromatic nitrogens is 4. The van der Waals surface area contributed by atoms with Crippen molar-refractivity contribution in [3.05, 3.63) is 40.4 Å². The second-order valence-corrected chi connectivity index (χ2v) is 7.35. The Morgan fingerprint density at radius 2 is 2.17 bits per heavy atom. The highest BCUT2D eigenvalue weighted by Gasteiger charge is 2.09. The molecule has 6 nitrogen and oxygen atoms in total. The molecule has 0 saturated carbocycles. The van der Waals surface area contributed by atoms with E-state index in [1.807, 2.05) is 18.2 Å². The van der Waals surface area contributed by atoms with Gasteiger partial charge in [-0.15, -0.1) is 10.2 Å². The van der Waals surface area contributed by atoms with Crippen LogP contribution in [-0.4, -0.2) is 26.2 Å². The fourth-order valence-electron chi connectivity index (χ4n) is 1.97. The zero-order valence-corrected chi connectivity index (χ0v) is 14.5. The van der Waals surface area contributed by atoms with Crippen LogP contribution in [0.3, 0.4) is 0 Å². The topological polar surface area (TPSA) is 83.6 Å². The van der Waals surface area contributed by atoms with Crippen LogP contribution in [0.1, 0.15) is 26.1 Å². The number of anilines is 1. The van der Waals surface area contributed by atoms with Gasteiger partial charge in [-0.05, 0) is 25.5 Å². The van der Waals surface area contributed by atoms with Crippen LogP contribution in [0.5, 0.6) is 0 Å². The van der Waals surface area contributed by atoms with Crippen molar-refractivity contribution in [3.8, 4) is 0 Å². The summed E-state index contributed by atoms with van der Waals surface area (Å²) in [7, 11) is 0. The molecular weight excluding hydrogens is 330 g/mol. The molecule has 0 saturated heterocycles. The van der Waals surface area contributed by atoms with E-state index in [1.54, 1.807) is 6.07 Å². The molecule has 0 radical (unpaired) electrons. The number of H-pyrrole nitrogens is 1. The normalized spacial score (nSPS) is 12.4. The van der Waals surface area contributed by atoms with Crippen LogP contribution >= 0.6 is 23.1 Å². The van der Waals surface area contributed by atoms with Crippen molar-refractivity contribution >= 4 is 39.1 Å². The van der Waals surface area contributed by atoms with E-state index in [1.165, 1.54) is 23.1 Å². The van der Waals surface area contributed by atoms with E-state index in [2.05, 4.69) is 39.3 Å². The van der Waals surface area contributed by atoms with Gasteiger partial charge < -0.3 is 10.3 Å². The maximum atomic E-state index is 12.0. The number of nitrogens with one attached hydrogen (secondary N) is 2. The Morgan fingerprint density at radius 3 is 3.00 bits per heavy atom. The number of nitrogens with zero attached hydrogens (tertiary/aromatic N) is 3. The molecule has 1 atom stereocenters. The predicted molar refractivity (Wildman–Crippen MR) is 95.2 cm³/mol. The van der Waals surface area contributed by atoms with Crippen LogP contribution in [0, 0.1) is 0 Å². The number of aromatic amines is 1. The fourth-order valence-corrected chi connectivity index (χ4v) is 3.71. The monoisotopic (exact) mass is 347 g/mol. The first-order chi connectivity index (χ1) is 11.2. The molecule has 23 heavy (non-hydrogen) atoms. The number of benzene rings is 1. The molecule has 0 spiro atoms. The van der Waals surface area contributed by atoms with E-state index in [9.17, 15) is 4.79 Å². The molecular formula is C15H17N5OS2. The molecule has 3 rings (SSSR count). The van der Waals surface area contributed by atoms with E-state index >= 15 is 0 Å². The number of rotatable bonds is 6.